The van der Waals surface area contributed by atoms with Crippen molar-refractivity contribution in [3.8, 4) is 0 Å². The van der Waals surface area contributed by atoms with Gasteiger partial charge in [-0.15, -0.1) is 0 Å². The lowest BCUT2D eigenvalue weighted by Crippen LogP contribution is -2.32. The molecule has 1 N–H and O–H groups in total. The lowest BCUT2D eigenvalue weighted by Gasteiger charge is -2.30. The van der Waals surface area contributed by atoms with E-state index < -0.39 is 5.60 Å². The molecule has 0 spiro atoms. The highest BCUT2D eigenvalue weighted by Crippen LogP contribution is 2.53. The summed E-state index contributed by atoms with van der Waals surface area (Å²) in [6, 6.07) is 0. The van der Waals surface area contributed by atoms with Crippen LogP contribution in [-0.2, 0) is 0 Å². The highest BCUT2D eigenvalue weighted by Gasteiger charge is 2.49. The lowest BCUT2D eigenvalue weighted by molar-refractivity contribution is 0.0468. The van der Waals surface area contributed by atoms with E-state index in [1.807, 2.05) is 6.92 Å². The van der Waals surface area contributed by atoms with E-state index in [9.17, 15) is 5.11 Å². The van der Waals surface area contributed by atoms with Crippen LogP contribution >= 0.6 is 0 Å². The summed E-state index contributed by atoms with van der Waals surface area (Å²) in [4.78, 5) is 0. The van der Waals surface area contributed by atoms with Crippen molar-refractivity contribution in [3.05, 3.63) is 12.2 Å². The molecular formula is C9H14O. The van der Waals surface area contributed by atoms with Gasteiger partial charge in [0.15, 0.2) is 0 Å². The smallest absolute Gasteiger partial charge is 0.0857 e. The van der Waals surface area contributed by atoms with Crippen molar-refractivity contribution in [3.63, 3.8) is 0 Å². The number of rotatable bonds is 0. The van der Waals surface area contributed by atoms with Crippen molar-refractivity contribution in [2.24, 2.45) is 11.8 Å². The maximum Gasteiger partial charge on any atom is 0.0857 e. The molecule has 0 aromatic carbocycles. The predicted molar refractivity (Wildman–Crippen MR) is 40.6 cm³/mol. The van der Waals surface area contributed by atoms with E-state index in [4.69, 9.17) is 0 Å². The minimum absolute atomic E-state index is 0.519. The van der Waals surface area contributed by atoms with E-state index in [-0.39, 0.29) is 0 Å². The van der Waals surface area contributed by atoms with E-state index in [0.29, 0.717) is 11.8 Å². The van der Waals surface area contributed by atoms with Crippen LogP contribution in [0.3, 0.4) is 0 Å². The molecule has 0 aromatic heterocycles. The second-order valence-corrected chi connectivity index (χ2v) is 3.88. The van der Waals surface area contributed by atoms with Crippen molar-refractivity contribution in [1.29, 1.82) is 0 Å². The van der Waals surface area contributed by atoms with Crippen LogP contribution < -0.4 is 0 Å². The van der Waals surface area contributed by atoms with Gasteiger partial charge in [-0.25, -0.2) is 0 Å². The summed E-state index contributed by atoms with van der Waals surface area (Å²) >= 11 is 0. The Balaban J connectivity index is 2.34. The van der Waals surface area contributed by atoms with Gasteiger partial charge in [-0.1, -0.05) is 6.58 Å². The summed E-state index contributed by atoms with van der Waals surface area (Å²) in [6.07, 6.45) is 3.65. The van der Waals surface area contributed by atoms with Gasteiger partial charge in [-0.2, -0.15) is 0 Å². The summed E-state index contributed by atoms with van der Waals surface area (Å²) in [5, 5.41) is 9.85. The van der Waals surface area contributed by atoms with E-state index in [2.05, 4.69) is 6.58 Å². The van der Waals surface area contributed by atoms with Gasteiger partial charge in [0.1, 0.15) is 0 Å². The lowest BCUT2D eigenvalue weighted by atomic mass is 9.82. The normalized spacial score (nSPS) is 52.4. The summed E-state index contributed by atoms with van der Waals surface area (Å²) in [7, 11) is 0. The van der Waals surface area contributed by atoms with Crippen molar-refractivity contribution in [1.82, 2.24) is 0 Å². The Labute approximate surface area is 61.8 Å². The maximum atomic E-state index is 9.85. The minimum atomic E-state index is -0.525. The molecule has 0 aliphatic heterocycles. The fourth-order valence-electron chi connectivity index (χ4n) is 2.48. The first-order valence-corrected chi connectivity index (χ1v) is 4.04. The molecule has 2 saturated carbocycles. The number of fused-ring (bicyclic) bond motifs is 2. The quantitative estimate of drug-likeness (QED) is 0.505. The predicted octanol–water partition coefficient (Wildman–Crippen LogP) is 1.72. The standard InChI is InChI=1S/C9H14O/c1-6-7-3-4-8(5-7)9(6,2)10/h7-8,10H,1,3-5H2,2H3. The van der Waals surface area contributed by atoms with Gasteiger partial charge < -0.3 is 5.11 Å². The molecule has 3 atom stereocenters. The Bertz CT molecular complexity index is 181. The zero-order valence-electron chi connectivity index (χ0n) is 6.43. The highest BCUT2D eigenvalue weighted by molar-refractivity contribution is 5.25. The molecule has 2 fully saturated rings. The summed E-state index contributed by atoms with van der Waals surface area (Å²) in [6.45, 7) is 5.86. The Hall–Kier alpha value is -0.300. The van der Waals surface area contributed by atoms with Crippen LogP contribution in [0.4, 0.5) is 0 Å². The summed E-state index contributed by atoms with van der Waals surface area (Å²) in [5.74, 6) is 1.16. The van der Waals surface area contributed by atoms with Crippen molar-refractivity contribution < 1.29 is 5.11 Å². The Morgan fingerprint density at radius 1 is 1.60 bits per heavy atom. The third kappa shape index (κ3) is 0.567. The average molecular weight is 138 g/mol. The van der Waals surface area contributed by atoms with Crippen LogP contribution in [0.1, 0.15) is 26.2 Å². The third-order valence-corrected chi connectivity index (χ3v) is 3.37. The molecule has 1 heteroatoms. The fourth-order valence-corrected chi connectivity index (χ4v) is 2.48. The molecule has 0 radical (unpaired) electrons. The molecule has 0 aromatic rings. The maximum absolute atomic E-state index is 9.85. The van der Waals surface area contributed by atoms with Crippen LogP contribution in [0.2, 0.25) is 0 Å². The molecule has 2 aliphatic carbocycles. The van der Waals surface area contributed by atoms with Gasteiger partial charge in [0.25, 0.3) is 0 Å². The zero-order valence-corrected chi connectivity index (χ0v) is 6.43. The fraction of sp³-hybridized carbons (Fsp3) is 0.778. The first-order valence-electron chi connectivity index (χ1n) is 4.04. The second kappa shape index (κ2) is 1.65. The minimum Gasteiger partial charge on any atom is -0.386 e. The van der Waals surface area contributed by atoms with Gasteiger partial charge in [0, 0.05) is 0 Å². The molecule has 56 valence electrons. The second-order valence-electron chi connectivity index (χ2n) is 3.88. The average Bonchev–Trinajstić information content (AvgIpc) is 2.37. The number of hydrogen-bond donors (Lipinski definition) is 1. The molecule has 2 aliphatic rings. The monoisotopic (exact) mass is 138 g/mol. The first kappa shape index (κ1) is 6.41. The molecule has 0 amide bonds. The molecule has 10 heavy (non-hydrogen) atoms. The van der Waals surface area contributed by atoms with Crippen molar-refractivity contribution >= 4 is 0 Å². The Morgan fingerprint density at radius 2 is 2.30 bits per heavy atom. The van der Waals surface area contributed by atoms with E-state index in [0.717, 1.165) is 5.57 Å². The Morgan fingerprint density at radius 3 is 2.60 bits per heavy atom. The van der Waals surface area contributed by atoms with Crippen LogP contribution in [-0.4, -0.2) is 10.7 Å². The summed E-state index contributed by atoms with van der Waals surface area (Å²) in [5.41, 5.74) is 0.562. The third-order valence-electron chi connectivity index (χ3n) is 3.37. The SMILES string of the molecule is C=C1C2CCC(C2)C1(C)O. The molecule has 3 unspecified atom stereocenters. The van der Waals surface area contributed by atoms with Crippen LogP contribution in [0.5, 0.6) is 0 Å². The summed E-state index contributed by atoms with van der Waals surface area (Å²) < 4.78 is 0. The van der Waals surface area contributed by atoms with Gasteiger partial charge in [0.05, 0.1) is 5.60 Å². The van der Waals surface area contributed by atoms with Crippen molar-refractivity contribution in [2.45, 2.75) is 31.8 Å². The topological polar surface area (TPSA) is 20.2 Å². The van der Waals surface area contributed by atoms with Gasteiger partial charge in [-0.05, 0) is 43.6 Å². The van der Waals surface area contributed by atoms with Crippen LogP contribution in [0.25, 0.3) is 0 Å². The van der Waals surface area contributed by atoms with Crippen LogP contribution in [0, 0.1) is 11.8 Å². The number of aliphatic hydroxyl groups is 1. The highest BCUT2D eigenvalue weighted by atomic mass is 16.3. The van der Waals surface area contributed by atoms with Crippen LogP contribution in [0.15, 0.2) is 12.2 Å². The molecule has 2 rings (SSSR count). The van der Waals surface area contributed by atoms with Gasteiger partial charge >= 0.3 is 0 Å². The first-order chi connectivity index (χ1) is 4.62. The molecule has 1 nitrogen and oxygen atoms in total. The van der Waals surface area contributed by atoms with Crippen molar-refractivity contribution in [2.75, 3.05) is 0 Å². The van der Waals surface area contributed by atoms with Gasteiger partial charge in [-0.3, -0.25) is 0 Å². The molecule has 0 saturated heterocycles. The molecule has 0 heterocycles. The molecule has 2 bridgehead atoms. The van der Waals surface area contributed by atoms with E-state index >= 15 is 0 Å². The van der Waals surface area contributed by atoms with E-state index in [1.54, 1.807) is 0 Å². The zero-order chi connectivity index (χ0) is 7.35. The molecular weight excluding hydrogens is 124 g/mol. The van der Waals surface area contributed by atoms with E-state index in [1.165, 1.54) is 19.3 Å². The van der Waals surface area contributed by atoms with Gasteiger partial charge in [0.2, 0.25) is 0 Å². The number of hydrogen-bond acceptors (Lipinski definition) is 1. The Kier molecular flexibility index (Phi) is 1.06. The largest absolute Gasteiger partial charge is 0.386 e.